The molecule has 2 amide bonds. The molecule has 0 radical (unpaired) electrons. The number of anilines is 1. The van der Waals surface area contributed by atoms with Gasteiger partial charge in [0.05, 0.1) is 10.0 Å². The molecular formula is C15H12Cl4N2O. The van der Waals surface area contributed by atoms with Gasteiger partial charge in [0, 0.05) is 22.3 Å². The van der Waals surface area contributed by atoms with E-state index in [-0.39, 0.29) is 6.03 Å². The molecule has 2 aromatic carbocycles. The zero-order valence-electron chi connectivity index (χ0n) is 11.3. The van der Waals surface area contributed by atoms with Crippen molar-refractivity contribution in [2.45, 2.75) is 6.42 Å². The SMILES string of the molecule is O=C(NCCc1c(Cl)cccc1Cl)Nc1ccc(Cl)c(Cl)c1. The van der Waals surface area contributed by atoms with E-state index in [0.29, 0.717) is 38.7 Å². The van der Waals surface area contributed by atoms with Gasteiger partial charge in [-0.05, 0) is 42.3 Å². The van der Waals surface area contributed by atoms with E-state index < -0.39 is 0 Å². The Kier molecular flexibility index (Phi) is 6.21. The summed E-state index contributed by atoms with van der Waals surface area (Å²) in [7, 11) is 0. The third kappa shape index (κ3) is 4.68. The van der Waals surface area contributed by atoms with Crippen LogP contribution in [0.3, 0.4) is 0 Å². The van der Waals surface area contributed by atoms with Crippen LogP contribution in [0.4, 0.5) is 10.5 Å². The molecule has 0 fully saturated rings. The summed E-state index contributed by atoms with van der Waals surface area (Å²) >= 11 is 23.8. The van der Waals surface area contributed by atoms with Crippen molar-refractivity contribution in [3.8, 4) is 0 Å². The molecular weight excluding hydrogens is 366 g/mol. The monoisotopic (exact) mass is 376 g/mol. The standard InChI is InChI=1S/C15H12Cl4N2O/c16-11-2-1-3-12(17)10(11)6-7-20-15(22)21-9-4-5-13(18)14(19)8-9/h1-5,8H,6-7H2,(H2,20,21,22). The zero-order chi connectivity index (χ0) is 16.1. The molecule has 3 nitrogen and oxygen atoms in total. The summed E-state index contributed by atoms with van der Waals surface area (Å²) in [5.41, 5.74) is 1.36. The molecule has 7 heteroatoms. The van der Waals surface area contributed by atoms with Gasteiger partial charge in [0.15, 0.2) is 0 Å². The molecule has 2 rings (SSSR count). The maximum atomic E-state index is 11.8. The van der Waals surface area contributed by atoms with Crippen molar-refractivity contribution in [1.29, 1.82) is 0 Å². The number of amides is 2. The Morgan fingerprint density at radius 3 is 2.23 bits per heavy atom. The fraction of sp³-hybridized carbons (Fsp3) is 0.133. The molecule has 2 aromatic rings. The maximum absolute atomic E-state index is 11.8. The number of rotatable bonds is 4. The van der Waals surface area contributed by atoms with Crippen molar-refractivity contribution < 1.29 is 4.79 Å². The van der Waals surface area contributed by atoms with E-state index in [1.807, 2.05) is 0 Å². The van der Waals surface area contributed by atoms with Crippen LogP contribution in [0.5, 0.6) is 0 Å². The quantitative estimate of drug-likeness (QED) is 0.708. The molecule has 0 bridgehead atoms. The van der Waals surface area contributed by atoms with Crippen LogP contribution in [0, 0.1) is 0 Å². The van der Waals surface area contributed by atoms with E-state index in [2.05, 4.69) is 10.6 Å². The normalized spacial score (nSPS) is 10.4. The van der Waals surface area contributed by atoms with Crippen LogP contribution in [-0.2, 0) is 6.42 Å². The Labute approximate surface area is 148 Å². The first-order valence-corrected chi connectivity index (χ1v) is 7.91. The molecule has 0 saturated heterocycles. The van der Waals surface area contributed by atoms with Gasteiger partial charge in [-0.15, -0.1) is 0 Å². The Morgan fingerprint density at radius 2 is 1.59 bits per heavy atom. The highest BCUT2D eigenvalue weighted by Gasteiger charge is 2.07. The number of benzene rings is 2. The van der Waals surface area contributed by atoms with Crippen molar-refractivity contribution in [2.75, 3.05) is 11.9 Å². The van der Waals surface area contributed by atoms with E-state index >= 15 is 0 Å². The van der Waals surface area contributed by atoms with Crippen molar-refractivity contribution >= 4 is 58.1 Å². The van der Waals surface area contributed by atoms with Gasteiger partial charge in [-0.1, -0.05) is 52.5 Å². The Balaban J connectivity index is 1.86. The third-order valence-corrected chi connectivity index (χ3v) is 4.35. The van der Waals surface area contributed by atoms with E-state index in [0.717, 1.165) is 5.56 Å². The van der Waals surface area contributed by atoms with Crippen LogP contribution in [0.15, 0.2) is 36.4 Å². The number of halogens is 4. The summed E-state index contributed by atoms with van der Waals surface area (Å²) in [4.78, 5) is 11.8. The number of urea groups is 1. The molecule has 0 aliphatic heterocycles. The lowest BCUT2D eigenvalue weighted by Gasteiger charge is -2.10. The highest BCUT2D eigenvalue weighted by atomic mass is 35.5. The summed E-state index contributed by atoms with van der Waals surface area (Å²) < 4.78 is 0. The highest BCUT2D eigenvalue weighted by molar-refractivity contribution is 6.42. The number of carbonyl (C=O) groups is 1. The van der Waals surface area contributed by atoms with Gasteiger partial charge < -0.3 is 10.6 Å². The van der Waals surface area contributed by atoms with Crippen molar-refractivity contribution in [3.63, 3.8) is 0 Å². The van der Waals surface area contributed by atoms with Crippen LogP contribution < -0.4 is 10.6 Å². The molecule has 0 aliphatic carbocycles. The first-order valence-electron chi connectivity index (χ1n) is 6.40. The van der Waals surface area contributed by atoms with E-state index in [4.69, 9.17) is 46.4 Å². The fourth-order valence-electron chi connectivity index (χ4n) is 1.82. The minimum Gasteiger partial charge on any atom is -0.338 e. The van der Waals surface area contributed by atoms with Crippen molar-refractivity contribution in [2.24, 2.45) is 0 Å². The van der Waals surface area contributed by atoms with Crippen molar-refractivity contribution in [1.82, 2.24) is 5.32 Å². The summed E-state index contributed by atoms with van der Waals surface area (Å²) in [6.07, 6.45) is 0.535. The molecule has 2 N–H and O–H groups in total. The van der Waals surface area contributed by atoms with Crippen LogP contribution >= 0.6 is 46.4 Å². The summed E-state index contributed by atoms with van der Waals surface area (Å²) in [5.74, 6) is 0. The second kappa shape index (κ2) is 7.93. The van der Waals surface area contributed by atoms with Crippen LogP contribution in [0.2, 0.25) is 20.1 Å². The zero-order valence-corrected chi connectivity index (χ0v) is 14.3. The molecule has 0 aliphatic rings. The third-order valence-electron chi connectivity index (χ3n) is 2.90. The number of carbonyl (C=O) groups excluding carboxylic acids is 1. The maximum Gasteiger partial charge on any atom is 0.319 e. The van der Waals surface area contributed by atoms with Crippen molar-refractivity contribution in [3.05, 3.63) is 62.1 Å². The molecule has 0 atom stereocenters. The topological polar surface area (TPSA) is 41.1 Å². The second-order valence-electron chi connectivity index (χ2n) is 4.46. The van der Waals surface area contributed by atoms with Gasteiger partial charge in [0.1, 0.15) is 0 Å². The molecule has 0 aromatic heterocycles. The lowest BCUT2D eigenvalue weighted by molar-refractivity contribution is 0.252. The lowest BCUT2D eigenvalue weighted by atomic mass is 10.1. The van der Waals surface area contributed by atoms with Crippen LogP contribution in [-0.4, -0.2) is 12.6 Å². The summed E-state index contributed by atoms with van der Waals surface area (Å²) in [6.45, 7) is 0.399. The molecule has 116 valence electrons. The number of nitrogens with one attached hydrogen (secondary N) is 2. The molecule has 0 unspecified atom stereocenters. The molecule has 0 spiro atoms. The van der Waals surface area contributed by atoms with E-state index in [9.17, 15) is 4.79 Å². The Morgan fingerprint density at radius 1 is 0.909 bits per heavy atom. The first kappa shape index (κ1) is 17.2. The van der Waals surface area contributed by atoms with Gasteiger partial charge in [-0.25, -0.2) is 4.79 Å². The molecule has 22 heavy (non-hydrogen) atoms. The first-order chi connectivity index (χ1) is 10.5. The van der Waals surface area contributed by atoms with Gasteiger partial charge in [-0.3, -0.25) is 0 Å². The fourth-order valence-corrected chi connectivity index (χ4v) is 2.71. The second-order valence-corrected chi connectivity index (χ2v) is 6.09. The average Bonchev–Trinajstić information content (AvgIpc) is 2.46. The van der Waals surface area contributed by atoms with Crippen LogP contribution in [0.25, 0.3) is 0 Å². The summed E-state index contributed by atoms with van der Waals surface area (Å²) in [6, 6.07) is 9.81. The van der Waals surface area contributed by atoms with Crippen LogP contribution in [0.1, 0.15) is 5.56 Å². The number of hydrogen-bond acceptors (Lipinski definition) is 1. The Hall–Kier alpha value is -1.13. The number of hydrogen-bond donors (Lipinski definition) is 2. The summed E-state index contributed by atoms with van der Waals surface area (Å²) in [5, 5.41) is 7.36. The molecule has 0 heterocycles. The smallest absolute Gasteiger partial charge is 0.319 e. The van der Waals surface area contributed by atoms with Gasteiger partial charge in [-0.2, -0.15) is 0 Å². The highest BCUT2D eigenvalue weighted by Crippen LogP contribution is 2.25. The largest absolute Gasteiger partial charge is 0.338 e. The minimum absolute atomic E-state index is 0.346. The van der Waals surface area contributed by atoms with E-state index in [1.165, 1.54) is 0 Å². The Bertz CT molecular complexity index is 671. The lowest BCUT2D eigenvalue weighted by Crippen LogP contribution is -2.30. The predicted octanol–water partition coefficient (Wildman–Crippen LogP) is 5.66. The average molecular weight is 378 g/mol. The predicted molar refractivity (Wildman–Crippen MR) is 93.6 cm³/mol. The van der Waals surface area contributed by atoms with Gasteiger partial charge >= 0.3 is 6.03 Å². The van der Waals surface area contributed by atoms with Gasteiger partial charge in [0.25, 0.3) is 0 Å². The van der Waals surface area contributed by atoms with Gasteiger partial charge in [0.2, 0.25) is 0 Å². The van der Waals surface area contributed by atoms with E-state index in [1.54, 1.807) is 36.4 Å². The minimum atomic E-state index is -0.346. The molecule has 0 saturated carbocycles.